The largest absolute Gasteiger partial charge is 0.504 e. The summed E-state index contributed by atoms with van der Waals surface area (Å²) in [5.41, 5.74) is 6.18. The third-order valence-corrected chi connectivity index (χ3v) is 3.92. The molecule has 1 amide bonds. The minimum atomic E-state index is -1.02. The van der Waals surface area contributed by atoms with Gasteiger partial charge in [0, 0.05) is 18.4 Å². The molecule has 31 heavy (non-hydrogen) atoms. The van der Waals surface area contributed by atoms with Crippen LogP contribution in [0, 0.1) is 11.6 Å². The van der Waals surface area contributed by atoms with Crippen LogP contribution in [0.1, 0.15) is 15.9 Å². The van der Waals surface area contributed by atoms with Crippen molar-refractivity contribution in [1.82, 2.24) is 14.9 Å². The quantitative estimate of drug-likeness (QED) is 0.472. The first-order chi connectivity index (χ1) is 14.8. The number of aromatic nitrogens is 2. The summed E-state index contributed by atoms with van der Waals surface area (Å²) >= 11 is 0. The fraction of sp³-hybridized carbons (Fsp3) is 0.136. The average molecular weight is 428 g/mol. The highest BCUT2D eigenvalue weighted by molar-refractivity contribution is 5.93. The van der Waals surface area contributed by atoms with Crippen molar-refractivity contribution >= 4 is 5.91 Å². The molecule has 0 aliphatic carbocycles. The van der Waals surface area contributed by atoms with Crippen LogP contribution in [0.2, 0.25) is 0 Å². The summed E-state index contributed by atoms with van der Waals surface area (Å²) in [5, 5.41) is 2.59. The number of benzene rings is 1. The van der Waals surface area contributed by atoms with Crippen molar-refractivity contribution in [3.05, 3.63) is 112 Å². The number of carbonyl (C=O) groups is 1. The van der Waals surface area contributed by atoms with Gasteiger partial charge in [0.15, 0.2) is 11.6 Å². The number of rotatable bonds is 9. The Morgan fingerprint density at radius 2 is 2.10 bits per heavy atom. The van der Waals surface area contributed by atoms with Gasteiger partial charge in [0.05, 0.1) is 26.2 Å². The molecular weight excluding hydrogens is 406 g/mol. The normalized spacial score (nSPS) is 11.8. The van der Waals surface area contributed by atoms with Gasteiger partial charge in [-0.1, -0.05) is 24.8 Å². The number of hydrogen-bond acceptors (Lipinski definition) is 5. The maximum atomic E-state index is 13.4. The van der Waals surface area contributed by atoms with Gasteiger partial charge < -0.3 is 15.8 Å². The molecule has 0 atom stereocenters. The Hall–Kier alpha value is -4.01. The van der Waals surface area contributed by atoms with E-state index in [0.717, 1.165) is 22.9 Å². The molecule has 0 saturated heterocycles. The first-order valence-corrected chi connectivity index (χ1v) is 9.10. The van der Waals surface area contributed by atoms with E-state index in [4.69, 9.17) is 10.5 Å². The van der Waals surface area contributed by atoms with Crippen LogP contribution in [-0.2, 0) is 11.3 Å². The molecule has 2 aromatic rings. The van der Waals surface area contributed by atoms with E-state index in [9.17, 15) is 18.4 Å². The van der Waals surface area contributed by atoms with Gasteiger partial charge in [-0.3, -0.25) is 14.2 Å². The third-order valence-electron chi connectivity index (χ3n) is 3.92. The second-order valence-electron chi connectivity index (χ2n) is 6.36. The Labute approximate surface area is 177 Å². The van der Waals surface area contributed by atoms with E-state index in [0.29, 0.717) is 16.8 Å². The summed E-state index contributed by atoms with van der Waals surface area (Å²) in [6, 6.07) is 3.30. The van der Waals surface area contributed by atoms with Crippen LogP contribution in [0.3, 0.4) is 0 Å². The van der Waals surface area contributed by atoms with Crippen LogP contribution in [0.25, 0.3) is 0 Å². The third kappa shape index (κ3) is 7.07. The van der Waals surface area contributed by atoms with Gasteiger partial charge in [-0.15, -0.1) is 0 Å². The van der Waals surface area contributed by atoms with Gasteiger partial charge in [-0.2, -0.15) is 0 Å². The number of nitrogens with one attached hydrogen (secondary N) is 1. The summed E-state index contributed by atoms with van der Waals surface area (Å²) in [6.45, 7) is 3.66. The van der Waals surface area contributed by atoms with Gasteiger partial charge in [0.1, 0.15) is 5.56 Å². The SMILES string of the molecule is C=C(N)/C=C(/C=C\CNC(=O)c1cncn(Cc2ccc(F)c(F)c2)c1=O)\C=C/OC. The Bertz CT molecular complexity index is 1100. The lowest BCUT2D eigenvalue weighted by molar-refractivity contribution is 0.0955. The van der Waals surface area contributed by atoms with Crippen molar-refractivity contribution in [1.29, 1.82) is 0 Å². The summed E-state index contributed by atoms with van der Waals surface area (Å²) in [4.78, 5) is 28.8. The number of methoxy groups -OCH3 is 1. The van der Waals surface area contributed by atoms with Gasteiger partial charge in [-0.05, 0) is 35.4 Å². The minimum absolute atomic E-state index is 0.0625. The standard InChI is InChI=1S/C22H22F2N4O3/c1-15(25)10-16(7-9-31-2)4-3-8-27-21(29)18-12-26-14-28(22(18)30)13-17-5-6-19(23)20(24)11-17/h3-7,9-12,14H,1,8,13,25H2,2H3,(H,27,29)/b4-3-,9-7-,16-10-. The summed E-state index contributed by atoms with van der Waals surface area (Å²) in [5.74, 6) is -2.63. The lowest BCUT2D eigenvalue weighted by Gasteiger charge is -2.08. The number of halogens is 2. The highest BCUT2D eigenvalue weighted by atomic mass is 19.2. The van der Waals surface area contributed by atoms with Crippen LogP contribution in [0.15, 0.2) is 83.9 Å². The van der Waals surface area contributed by atoms with Gasteiger partial charge in [-0.25, -0.2) is 13.8 Å². The van der Waals surface area contributed by atoms with Gasteiger partial charge >= 0.3 is 0 Å². The molecule has 1 aromatic heterocycles. The molecule has 1 heterocycles. The number of carbonyl (C=O) groups excluding carboxylic acids is 1. The van der Waals surface area contributed by atoms with Crippen LogP contribution in [0.4, 0.5) is 8.78 Å². The lowest BCUT2D eigenvalue weighted by atomic mass is 10.2. The van der Waals surface area contributed by atoms with Crippen LogP contribution in [0.5, 0.6) is 0 Å². The number of ether oxygens (including phenoxy) is 1. The molecule has 3 N–H and O–H groups in total. The monoisotopic (exact) mass is 428 g/mol. The van der Waals surface area contributed by atoms with E-state index in [-0.39, 0.29) is 18.7 Å². The molecule has 0 fully saturated rings. The van der Waals surface area contributed by atoms with Crippen molar-refractivity contribution in [3.8, 4) is 0 Å². The Kier molecular flexibility index (Phi) is 8.44. The Morgan fingerprint density at radius 3 is 2.77 bits per heavy atom. The molecule has 0 saturated carbocycles. The molecule has 0 aliphatic heterocycles. The highest BCUT2D eigenvalue weighted by Crippen LogP contribution is 2.09. The number of nitrogens with two attached hydrogens (primary N) is 1. The predicted octanol–water partition coefficient (Wildman–Crippen LogP) is 2.41. The number of allylic oxidation sites excluding steroid dienone is 4. The molecular formula is C22H22F2N4O3. The van der Waals surface area contributed by atoms with Crippen molar-refractivity contribution in [2.75, 3.05) is 13.7 Å². The zero-order valence-electron chi connectivity index (χ0n) is 16.8. The molecule has 7 nitrogen and oxygen atoms in total. The van der Waals surface area contributed by atoms with Crippen molar-refractivity contribution in [3.63, 3.8) is 0 Å². The van der Waals surface area contributed by atoms with E-state index in [2.05, 4.69) is 16.9 Å². The minimum Gasteiger partial charge on any atom is -0.504 e. The van der Waals surface area contributed by atoms with Gasteiger partial charge in [0.2, 0.25) is 0 Å². The Morgan fingerprint density at radius 1 is 1.32 bits per heavy atom. The maximum absolute atomic E-state index is 13.4. The van der Waals surface area contributed by atoms with E-state index in [1.165, 1.54) is 25.8 Å². The molecule has 0 spiro atoms. The van der Waals surface area contributed by atoms with Crippen molar-refractivity contribution in [2.24, 2.45) is 5.73 Å². The van der Waals surface area contributed by atoms with E-state index in [1.54, 1.807) is 24.3 Å². The molecule has 1 aromatic carbocycles. The molecule has 0 bridgehead atoms. The van der Waals surface area contributed by atoms with E-state index >= 15 is 0 Å². The Balaban J connectivity index is 2.08. The fourth-order valence-electron chi connectivity index (χ4n) is 2.51. The highest BCUT2D eigenvalue weighted by Gasteiger charge is 2.13. The second-order valence-corrected chi connectivity index (χ2v) is 6.36. The van der Waals surface area contributed by atoms with Crippen LogP contribution < -0.4 is 16.6 Å². The van der Waals surface area contributed by atoms with Crippen LogP contribution in [-0.4, -0.2) is 29.1 Å². The van der Waals surface area contributed by atoms with Crippen LogP contribution >= 0.6 is 0 Å². The molecule has 0 aliphatic rings. The first kappa shape index (κ1) is 23.3. The predicted molar refractivity (Wildman–Crippen MR) is 113 cm³/mol. The second kappa shape index (κ2) is 11.2. The topological polar surface area (TPSA) is 99.2 Å². The molecule has 0 unspecified atom stereocenters. The number of amides is 1. The summed E-state index contributed by atoms with van der Waals surface area (Å²) in [6.07, 6.45) is 10.5. The van der Waals surface area contributed by atoms with E-state index in [1.807, 2.05) is 0 Å². The summed E-state index contributed by atoms with van der Waals surface area (Å²) in [7, 11) is 1.50. The summed E-state index contributed by atoms with van der Waals surface area (Å²) < 4.78 is 32.4. The van der Waals surface area contributed by atoms with Crippen molar-refractivity contribution < 1.29 is 18.3 Å². The van der Waals surface area contributed by atoms with Crippen molar-refractivity contribution in [2.45, 2.75) is 6.54 Å². The average Bonchev–Trinajstić information content (AvgIpc) is 2.72. The van der Waals surface area contributed by atoms with Gasteiger partial charge in [0.25, 0.3) is 11.5 Å². The first-order valence-electron chi connectivity index (χ1n) is 9.10. The fourth-order valence-corrected chi connectivity index (χ4v) is 2.51. The number of hydrogen-bond donors (Lipinski definition) is 2. The molecule has 162 valence electrons. The molecule has 9 heteroatoms. The van der Waals surface area contributed by atoms with E-state index < -0.39 is 23.1 Å². The zero-order valence-corrected chi connectivity index (χ0v) is 16.8. The lowest BCUT2D eigenvalue weighted by Crippen LogP contribution is -2.33. The maximum Gasteiger partial charge on any atom is 0.266 e. The molecule has 2 rings (SSSR count). The molecule has 0 radical (unpaired) electrons. The smallest absolute Gasteiger partial charge is 0.266 e. The zero-order chi connectivity index (χ0) is 22.8. The number of nitrogens with zero attached hydrogens (tertiary/aromatic N) is 2.